The number of nitrogens with one attached hydrogen (secondary N) is 1. The SMILES string of the molecule is CCn1c(SC(C)C(=O)Nc2ccc(Oc3ccccc3)cc2)nnc1-c1ccco1. The molecule has 0 saturated carbocycles. The van der Waals surface area contributed by atoms with Gasteiger partial charge in [0.2, 0.25) is 5.91 Å². The molecule has 0 saturated heterocycles. The fraction of sp³-hybridized carbons (Fsp3) is 0.174. The molecule has 0 aliphatic rings. The van der Waals surface area contributed by atoms with E-state index in [2.05, 4.69) is 15.5 Å². The van der Waals surface area contributed by atoms with Crippen molar-refractivity contribution in [1.29, 1.82) is 0 Å². The van der Waals surface area contributed by atoms with Crippen LogP contribution in [0.15, 0.2) is 82.6 Å². The van der Waals surface area contributed by atoms with E-state index in [1.807, 2.05) is 85.1 Å². The Kier molecular flexibility index (Phi) is 6.37. The Bertz CT molecular complexity index is 1130. The van der Waals surface area contributed by atoms with E-state index in [1.54, 1.807) is 6.26 Å². The molecule has 0 spiro atoms. The minimum absolute atomic E-state index is 0.119. The molecule has 2 heterocycles. The summed E-state index contributed by atoms with van der Waals surface area (Å²) in [4.78, 5) is 12.7. The van der Waals surface area contributed by atoms with E-state index in [0.29, 0.717) is 34.7 Å². The van der Waals surface area contributed by atoms with Crippen LogP contribution in [0, 0.1) is 0 Å². The Morgan fingerprint density at radius 3 is 2.48 bits per heavy atom. The molecule has 0 aliphatic heterocycles. The highest BCUT2D eigenvalue weighted by molar-refractivity contribution is 8.00. The highest BCUT2D eigenvalue weighted by Gasteiger charge is 2.21. The number of hydrogen-bond acceptors (Lipinski definition) is 6. The zero-order valence-electron chi connectivity index (χ0n) is 17.2. The largest absolute Gasteiger partial charge is 0.461 e. The molecule has 2 aromatic carbocycles. The third-order valence-corrected chi connectivity index (χ3v) is 5.61. The fourth-order valence-corrected chi connectivity index (χ4v) is 3.85. The van der Waals surface area contributed by atoms with Gasteiger partial charge in [-0.25, -0.2) is 0 Å². The number of thioether (sulfide) groups is 1. The summed E-state index contributed by atoms with van der Waals surface area (Å²) in [7, 11) is 0. The molecule has 7 nitrogen and oxygen atoms in total. The second-order valence-corrected chi connectivity index (χ2v) is 8.02. The molecule has 1 atom stereocenters. The van der Waals surface area contributed by atoms with Gasteiger partial charge in [-0.3, -0.25) is 9.36 Å². The number of nitrogens with zero attached hydrogens (tertiary/aromatic N) is 3. The van der Waals surface area contributed by atoms with E-state index in [1.165, 1.54) is 11.8 Å². The van der Waals surface area contributed by atoms with Crippen LogP contribution in [-0.2, 0) is 11.3 Å². The lowest BCUT2D eigenvalue weighted by Crippen LogP contribution is -2.22. The number of carbonyl (C=O) groups excluding carboxylic acids is 1. The highest BCUT2D eigenvalue weighted by Crippen LogP contribution is 2.28. The van der Waals surface area contributed by atoms with E-state index < -0.39 is 0 Å². The zero-order chi connectivity index (χ0) is 21.6. The van der Waals surface area contributed by atoms with Crippen molar-refractivity contribution in [3.63, 3.8) is 0 Å². The number of carbonyl (C=O) groups is 1. The average Bonchev–Trinajstić information content (AvgIpc) is 3.45. The van der Waals surface area contributed by atoms with Crippen molar-refractivity contribution in [2.24, 2.45) is 0 Å². The van der Waals surface area contributed by atoms with Gasteiger partial charge in [-0.05, 0) is 62.4 Å². The molecule has 1 unspecified atom stereocenters. The van der Waals surface area contributed by atoms with Crippen molar-refractivity contribution in [3.8, 4) is 23.1 Å². The maximum Gasteiger partial charge on any atom is 0.237 e. The first-order chi connectivity index (χ1) is 15.1. The number of benzene rings is 2. The summed E-state index contributed by atoms with van der Waals surface area (Å²) in [6.45, 7) is 4.51. The summed E-state index contributed by atoms with van der Waals surface area (Å²) in [6.07, 6.45) is 1.60. The average molecular weight is 435 g/mol. The number of anilines is 1. The molecule has 8 heteroatoms. The van der Waals surface area contributed by atoms with Gasteiger partial charge in [-0.1, -0.05) is 30.0 Å². The zero-order valence-corrected chi connectivity index (χ0v) is 18.0. The van der Waals surface area contributed by atoms with Crippen LogP contribution in [0.5, 0.6) is 11.5 Å². The Balaban J connectivity index is 1.38. The van der Waals surface area contributed by atoms with Gasteiger partial charge in [0.25, 0.3) is 0 Å². The normalized spacial score (nSPS) is 11.8. The minimum atomic E-state index is -0.362. The quantitative estimate of drug-likeness (QED) is 0.370. The minimum Gasteiger partial charge on any atom is -0.461 e. The number of amides is 1. The first-order valence-electron chi connectivity index (χ1n) is 9.91. The predicted molar refractivity (Wildman–Crippen MR) is 120 cm³/mol. The molecule has 0 fully saturated rings. The molecule has 2 aromatic heterocycles. The van der Waals surface area contributed by atoms with Crippen molar-refractivity contribution < 1.29 is 13.9 Å². The maximum absolute atomic E-state index is 12.7. The van der Waals surface area contributed by atoms with Gasteiger partial charge in [-0.15, -0.1) is 10.2 Å². The molecule has 158 valence electrons. The van der Waals surface area contributed by atoms with Crippen LogP contribution in [0.2, 0.25) is 0 Å². The molecule has 1 amide bonds. The molecule has 31 heavy (non-hydrogen) atoms. The van der Waals surface area contributed by atoms with Crippen LogP contribution >= 0.6 is 11.8 Å². The Labute approximate surface area is 184 Å². The van der Waals surface area contributed by atoms with Crippen molar-refractivity contribution in [1.82, 2.24) is 14.8 Å². The Morgan fingerprint density at radius 2 is 1.81 bits per heavy atom. The molecular formula is C23H22N4O3S. The molecule has 0 aliphatic carbocycles. The lowest BCUT2D eigenvalue weighted by atomic mass is 10.3. The highest BCUT2D eigenvalue weighted by atomic mass is 32.2. The van der Waals surface area contributed by atoms with Crippen molar-refractivity contribution in [2.45, 2.75) is 30.8 Å². The molecule has 0 radical (unpaired) electrons. The van der Waals surface area contributed by atoms with Gasteiger partial charge < -0.3 is 14.5 Å². The van der Waals surface area contributed by atoms with Gasteiger partial charge >= 0.3 is 0 Å². The van der Waals surface area contributed by atoms with E-state index in [4.69, 9.17) is 9.15 Å². The van der Waals surface area contributed by atoms with Gasteiger partial charge in [0.15, 0.2) is 16.7 Å². The molecule has 0 bridgehead atoms. The van der Waals surface area contributed by atoms with Crippen LogP contribution in [0.4, 0.5) is 5.69 Å². The van der Waals surface area contributed by atoms with Crippen molar-refractivity contribution >= 4 is 23.4 Å². The van der Waals surface area contributed by atoms with Crippen LogP contribution in [0.1, 0.15) is 13.8 Å². The summed E-state index contributed by atoms with van der Waals surface area (Å²) in [5, 5.41) is 11.7. The van der Waals surface area contributed by atoms with E-state index in [9.17, 15) is 4.79 Å². The second kappa shape index (κ2) is 9.53. The summed E-state index contributed by atoms with van der Waals surface area (Å²) >= 11 is 1.36. The molecule has 4 aromatic rings. The molecule has 4 rings (SSSR count). The van der Waals surface area contributed by atoms with Crippen LogP contribution in [-0.4, -0.2) is 25.9 Å². The topological polar surface area (TPSA) is 82.2 Å². The number of ether oxygens (including phenoxy) is 1. The van der Waals surface area contributed by atoms with Crippen LogP contribution < -0.4 is 10.1 Å². The van der Waals surface area contributed by atoms with Crippen LogP contribution in [0.25, 0.3) is 11.6 Å². The van der Waals surface area contributed by atoms with Gasteiger partial charge in [0.05, 0.1) is 11.5 Å². The summed E-state index contributed by atoms with van der Waals surface area (Å²) < 4.78 is 13.1. The summed E-state index contributed by atoms with van der Waals surface area (Å²) in [5.74, 6) is 2.64. The monoisotopic (exact) mass is 434 g/mol. The molecule has 1 N–H and O–H groups in total. The number of rotatable bonds is 8. The second-order valence-electron chi connectivity index (χ2n) is 6.72. The van der Waals surface area contributed by atoms with Crippen molar-refractivity contribution in [3.05, 3.63) is 73.0 Å². The summed E-state index contributed by atoms with van der Waals surface area (Å²) in [5.41, 5.74) is 0.700. The van der Waals surface area contributed by atoms with Gasteiger partial charge in [0.1, 0.15) is 11.5 Å². The third-order valence-electron chi connectivity index (χ3n) is 4.53. The van der Waals surface area contributed by atoms with Gasteiger partial charge in [0, 0.05) is 12.2 Å². The first-order valence-corrected chi connectivity index (χ1v) is 10.8. The standard InChI is InChI=1S/C23H22N4O3S/c1-3-27-21(20-10-7-15-29-20)25-26-23(27)31-16(2)22(28)24-17-11-13-19(14-12-17)30-18-8-5-4-6-9-18/h4-16H,3H2,1-2H3,(H,24,28). The smallest absolute Gasteiger partial charge is 0.237 e. The summed E-state index contributed by atoms with van der Waals surface area (Å²) in [6, 6.07) is 20.5. The number of aromatic nitrogens is 3. The Hall–Kier alpha value is -3.52. The maximum atomic E-state index is 12.7. The molecular weight excluding hydrogens is 412 g/mol. The van der Waals surface area contributed by atoms with E-state index in [-0.39, 0.29) is 11.2 Å². The van der Waals surface area contributed by atoms with Crippen LogP contribution in [0.3, 0.4) is 0 Å². The lowest BCUT2D eigenvalue weighted by molar-refractivity contribution is -0.115. The van der Waals surface area contributed by atoms with E-state index >= 15 is 0 Å². The van der Waals surface area contributed by atoms with Gasteiger partial charge in [-0.2, -0.15) is 0 Å². The van der Waals surface area contributed by atoms with E-state index in [0.717, 1.165) is 5.75 Å². The number of furan rings is 1. The fourth-order valence-electron chi connectivity index (χ4n) is 2.94. The first kappa shape index (κ1) is 20.7. The third kappa shape index (κ3) is 4.97. The Morgan fingerprint density at radius 1 is 1.06 bits per heavy atom. The van der Waals surface area contributed by atoms with Crippen molar-refractivity contribution in [2.75, 3.05) is 5.32 Å². The number of hydrogen-bond donors (Lipinski definition) is 1. The lowest BCUT2D eigenvalue weighted by Gasteiger charge is -2.13. The predicted octanol–water partition coefficient (Wildman–Crippen LogP) is 5.47. The number of para-hydroxylation sites is 1.